The highest BCUT2D eigenvalue weighted by atomic mass is 127. The lowest BCUT2D eigenvalue weighted by Crippen LogP contribution is -3.00. The number of aliphatic hydroxyl groups is 1. The molecule has 0 aliphatic carbocycles. The quantitative estimate of drug-likeness (QED) is 0.541. The molecule has 3 nitrogen and oxygen atoms in total. The van der Waals surface area contributed by atoms with Gasteiger partial charge >= 0.3 is 0 Å². The Labute approximate surface area is 152 Å². The average molecular weight is 426 g/mol. The second kappa shape index (κ2) is 7.48. The molecule has 0 amide bonds. The van der Waals surface area contributed by atoms with Gasteiger partial charge < -0.3 is 34.0 Å². The number of nitrogens with zero attached hydrogens (tertiary/aromatic N) is 2. The highest BCUT2D eigenvalue weighted by Gasteiger charge is 2.24. The number of hydrogen-bond acceptors (Lipinski definition) is 3. The predicted octanol–water partition coefficient (Wildman–Crippen LogP) is -0.273. The van der Waals surface area contributed by atoms with Crippen molar-refractivity contribution < 1.29 is 33.7 Å². The van der Waals surface area contributed by atoms with Crippen molar-refractivity contribution in [3.8, 4) is 0 Å². The van der Waals surface area contributed by atoms with Gasteiger partial charge in [-0.25, -0.2) is 4.57 Å². The molecule has 116 valence electrons. The first kappa shape index (κ1) is 17.3. The largest absolute Gasteiger partial charge is 1.00 e. The normalized spacial score (nSPS) is 14.9. The van der Waals surface area contributed by atoms with E-state index in [1.54, 1.807) is 11.8 Å². The Morgan fingerprint density at radius 2 is 2.14 bits per heavy atom. The number of aromatic nitrogens is 1. The zero-order chi connectivity index (χ0) is 14.8. The van der Waals surface area contributed by atoms with Crippen molar-refractivity contribution >= 4 is 23.5 Å². The van der Waals surface area contributed by atoms with E-state index in [2.05, 4.69) is 48.4 Å². The van der Waals surface area contributed by atoms with Gasteiger partial charge in [-0.2, -0.15) is 0 Å². The maximum Gasteiger partial charge on any atom is 0.175 e. The zero-order valence-corrected chi connectivity index (χ0v) is 15.6. The van der Waals surface area contributed by atoms with Crippen LogP contribution in [-0.2, 0) is 7.05 Å². The molecule has 0 bridgehead atoms. The fourth-order valence-corrected chi connectivity index (χ4v) is 3.74. The SMILES string of the molecule is Cc1ccc2c(c1)SC(=Cc1ccc[n+](C)c1)N2CCO.[I-]. The van der Waals surface area contributed by atoms with Gasteiger partial charge in [-0.15, -0.1) is 0 Å². The number of hydrogen-bond donors (Lipinski definition) is 1. The Balaban J connectivity index is 0.00000176. The molecule has 0 saturated carbocycles. The van der Waals surface area contributed by atoms with Crippen LogP contribution in [0.1, 0.15) is 11.1 Å². The number of aryl methyl sites for hydroxylation is 2. The molecule has 2 aromatic rings. The van der Waals surface area contributed by atoms with Gasteiger partial charge in [-0.05, 0) is 36.8 Å². The van der Waals surface area contributed by atoms with Crippen LogP contribution in [0.4, 0.5) is 5.69 Å². The van der Waals surface area contributed by atoms with E-state index in [1.807, 2.05) is 23.9 Å². The van der Waals surface area contributed by atoms with Crippen LogP contribution in [0.25, 0.3) is 6.08 Å². The van der Waals surface area contributed by atoms with E-state index in [0.29, 0.717) is 6.54 Å². The first-order valence-corrected chi connectivity index (χ1v) is 7.83. The van der Waals surface area contributed by atoms with Crippen LogP contribution in [0.5, 0.6) is 0 Å². The van der Waals surface area contributed by atoms with Gasteiger partial charge in [0.1, 0.15) is 7.05 Å². The van der Waals surface area contributed by atoms with Gasteiger partial charge in [-0.3, -0.25) is 0 Å². The fourth-order valence-electron chi connectivity index (χ4n) is 2.49. The highest BCUT2D eigenvalue weighted by molar-refractivity contribution is 8.03. The summed E-state index contributed by atoms with van der Waals surface area (Å²) in [4.78, 5) is 3.45. The Morgan fingerprint density at radius 3 is 2.86 bits per heavy atom. The summed E-state index contributed by atoms with van der Waals surface area (Å²) in [5.74, 6) is 0. The summed E-state index contributed by atoms with van der Waals surface area (Å²) in [7, 11) is 2.02. The summed E-state index contributed by atoms with van der Waals surface area (Å²) in [6, 6.07) is 10.6. The summed E-state index contributed by atoms with van der Waals surface area (Å²) in [6.07, 6.45) is 6.29. The lowest BCUT2D eigenvalue weighted by atomic mass is 10.2. The number of fused-ring (bicyclic) bond motifs is 1. The van der Waals surface area contributed by atoms with Crippen molar-refractivity contribution in [2.75, 3.05) is 18.1 Å². The number of thioether (sulfide) groups is 1. The number of pyridine rings is 1. The van der Waals surface area contributed by atoms with Crippen molar-refractivity contribution in [2.45, 2.75) is 11.8 Å². The average Bonchev–Trinajstić information content (AvgIpc) is 2.76. The lowest BCUT2D eigenvalue weighted by molar-refractivity contribution is -0.671. The van der Waals surface area contributed by atoms with E-state index >= 15 is 0 Å². The summed E-state index contributed by atoms with van der Waals surface area (Å²) in [6.45, 7) is 2.87. The van der Waals surface area contributed by atoms with Crippen molar-refractivity contribution in [1.82, 2.24) is 0 Å². The molecule has 0 unspecified atom stereocenters. The monoisotopic (exact) mass is 426 g/mol. The van der Waals surface area contributed by atoms with Crippen LogP contribution in [0.3, 0.4) is 0 Å². The molecule has 1 N–H and O–H groups in total. The van der Waals surface area contributed by atoms with Gasteiger partial charge in [0.05, 0.1) is 17.3 Å². The van der Waals surface area contributed by atoms with Crippen LogP contribution < -0.4 is 33.4 Å². The van der Waals surface area contributed by atoms with Crippen molar-refractivity contribution in [1.29, 1.82) is 0 Å². The van der Waals surface area contributed by atoms with Gasteiger partial charge in [-0.1, -0.05) is 17.8 Å². The third-order valence-corrected chi connectivity index (χ3v) is 4.56. The Bertz CT molecular complexity index is 703. The molecule has 0 atom stereocenters. The third kappa shape index (κ3) is 3.64. The van der Waals surface area contributed by atoms with Crippen LogP contribution >= 0.6 is 11.8 Å². The zero-order valence-electron chi connectivity index (χ0n) is 12.7. The first-order valence-electron chi connectivity index (χ1n) is 7.01. The molecule has 1 aliphatic rings. The molecule has 1 aliphatic heterocycles. The van der Waals surface area contributed by atoms with Gasteiger partial charge in [0, 0.05) is 23.1 Å². The van der Waals surface area contributed by atoms with E-state index < -0.39 is 0 Å². The number of halogens is 1. The molecule has 1 aromatic carbocycles. The molecule has 2 heterocycles. The second-order valence-corrected chi connectivity index (χ2v) is 6.30. The Morgan fingerprint density at radius 1 is 1.32 bits per heavy atom. The first-order chi connectivity index (χ1) is 10.2. The third-order valence-electron chi connectivity index (χ3n) is 3.46. The van der Waals surface area contributed by atoms with Gasteiger partial charge in [0.15, 0.2) is 12.4 Å². The minimum Gasteiger partial charge on any atom is -1.00 e. The van der Waals surface area contributed by atoms with Crippen molar-refractivity contribution in [2.24, 2.45) is 7.05 Å². The van der Waals surface area contributed by atoms with Crippen LogP contribution in [0.15, 0.2) is 52.7 Å². The van der Waals surface area contributed by atoms with E-state index in [4.69, 9.17) is 0 Å². The maximum atomic E-state index is 9.35. The van der Waals surface area contributed by atoms with Gasteiger partial charge in [0.2, 0.25) is 0 Å². The lowest BCUT2D eigenvalue weighted by Gasteiger charge is -2.19. The minimum atomic E-state index is 0. The highest BCUT2D eigenvalue weighted by Crippen LogP contribution is 2.46. The van der Waals surface area contributed by atoms with Crippen molar-refractivity contribution in [3.05, 3.63) is 58.9 Å². The summed E-state index contributed by atoms with van der Waals surface area (Å²) < 4.78 is 2.04. The van der Waals surface area contributed by atoms with Gasteiger partial charge in [0.25, 0.3) is 0 Å². The van der Waals surface area contributed by atoms with E-state index in [-0.39, 0.29) is 30.6 Å². The van der Waals surface area contributed by atoms with E-state index in [9.17, 15) is 5.11 Å². The van der Waals surface area contributed by atoms with Crippen molar-refractivity contribution in [3.63, 3.8) is 0 Å². The molecule has 0 spiro atoms. The minimum absolute atomic E-state index is 0. The van der Waals surface area contributed by atoms with Crippen LogP contribution in [-0.4, -0.2) is 18.3 Å². The molecule has 0 fully saturated rings. The molecule has 0 saturated heterocycles. The standard InChI is InChI=1S/C17H19N2OS.HI/c1-13-5-6-15-16(10-13)21-17(19(15)8-9-20)11-14-4-3-7-18(2)12-14;/h3-7,10-12,20H,8-9H2,1-2H3;1H/q+1;/p-1. The number of β-amino-alcohol motifs (C(OH)–C–C–N with tert-alkyl or cyclic N) is 1. The molecule has 22 heavy (non-hydrogen) atoms. The number of benzene rings is 1. The molecule has 1 aromatic heterocycles. The van der Waals surface area contributed by atoms with E-state index in [0.717, 1.165) is 10.6 Å². The predicted molar refractivity (Wildman–Crippen MR) is 87.1 cm³/mol. The molecular formula is C17H19IN2OS. The molecule has 3 rings (SSSR count). The summed E-state index contributed by atoms with van der Waals surface area (Å²) in [5.41, 5.74) is 3.61. The summed E-state index contributed by atoms with van der Waals surface area (Å²) in [5, 5.41) is 10.5. The molecule has 0 radical (unpaired) electrons. The number of rotatable bonds is 3. The second-order valence-electron chi connectivity index (χ2n) is 5.23. The maximum absolute atomic E-state index is 9.35. The Kier molecular flexibility index (Phi) is 5.88. The van der Waals surface area contributed by atoms with Crippen LogP contribution in [0.2, 0.25) is 0 Å². The van der Waals surface area contributed by atoms with Crippen LogP contribution in [0, 0.1) is 6.92 Å². The topological polar surface area (TPSA) is 27.4 Å². The number of aliphatic hydroxyl groups excluding tert-OH is 1. The van der Waals surface area contributed by atoms with E-state index in [1.165, 1.54) is 16.1 Å². The number of anilines is 1. The summed E-state index contributed by atoms with van der Waals surface area (Å²) >= 11 is 1.77. The smallest absolute Gasteiger partial charge is 0.175 e. The fraction of sp³-hybridized carbons (Fsp3) is 0.235. The molecule has 5 heteroatoms. The molecular weight excluding hydrogens is 407 g/mol. The Hall–Kier alpha value is -1.05.